The summed E-state index contributed by atoms with van der Waals surface area (Å²) in [4.78, 5) is 0. The molecule has 0 aliphatic rings. The fraction of sp³-hybridized carbons (Fsp3) is 0.200. The molecule has 0 aliphatic heterocycles. The van der Waals surface area contributed by atoms with Crippen LogP contribution in [0.25, 0.3) is 10.8 Å². The van der Waals surface area contributed by atoms with Gasteiger partial charge in [0.1, 0.15) is 5.69 Å². The standard InChI is InChI=1S/C10H11N2/c1-8-10-6-4-3-5-9(10)7-12(2)11-8/h3-7H,1-2H3/q+1. The van der Waals surface area contributed by atoms with Gasteiger partial charge < -0.3 is 0 Å². The smallest absolute Gasteiger partial charge is 0.0931 e. The Morgan fingerprint density at radius 2 is 2.00 bits per heavy atom. The average molecular weight is 159 g/mol. The van der Waals surface area contributed by atoms with Crippen LogP contribution in [0.2, 0.25) is 0 Å². The van der Waals surface area contributed by atoms with Gasteiger partial charge in [-0.3, -0.25) is 0 Å². The summed E-state index contributed by atoms with van der Waals surface area (Å²) in [5.41, 5.74) is 1.08. The molecule has 0 N–H and O–H groups in total. The summed E-state index contributed by atoms with van der Waals surface area (Å²) in [5.74, 6) is 0. The van der Waals surface area contributed by atoms with Crippen LogP contribution in [0, 0.1) is 6.92 Å². The molecule has 0 saturated heterocycles. The lowest BCUT2D eigenvalue weighted by Gasteiger charge is -1.96. The summed E-state index contributed by atoms with van der Waals surface area (Å²) in [6, 6.07) is 8.28. The topological polar surface area (TPSA) is 16.8 Å². The minimum Gasteiger partial charge on any atom is -0.0931 e. The maximum Gasteiger partial charge on any atom is 0.203 e. The molecule has 0 radical (unpaired) electrons. The van der Waals surface area contributed by atoms with E-state index in [1.54, 1.807) is 0 Å². The molecule has 0 saturated carbocycles. The third-order valence-electron chi connectivity index (χ3n) is 1.98. The van der Waals surface area contributed by atoms with E-state index >= 15 is 0 Å². The van der Waals surface area contributed by atoms with E-state index in [0.717, 1.165) is 5.69 Å². The summed E-state index contributed by atoms with van der Waals surface area (Å²) >= 11 is 0. The molecule has 1 aromatic carbocycles. The van der Waals surface area contributed by atoms with Crippen molar-refractivity contribution in [1.29, 1.82) is 0 Å². The number of fused-ring (bicyclic) bond motifs is 1. The van der Waals surface area contributed by atoms with Gasteiger partial charge in [0.25, 0.3) is 0 Å². The molecule has 0 amide bonds. The monoisotopic (exact) mass is 159 g/mol. The molecule has 60 valence electrons. The maximum atomic E-state index is 4.32. The van der Waals surface area contributed by atoms with E-state index < -0.39 is 0 Å². The highest BCUT2D eigenvalue weighted by Crippen LogP contribution is 2.12. The number of rotatable bonds is 0. The van der Waals surface area contributed by atoms with E-state index in [1.165, 1.54) is 10.8 Å². The first-order valence-corrected chi connectivity index (χ1v) is 4.00. The molecule has 0 bridgehead atoms. The van der Waals surface area contributed by atoms with Crippen LogP contribution in [0.1, 0.15) is 5.69 Å². The molecule has 1 aromatic heterocycles. The van der Waals surface area contributed by atoms with Gasteiger partial charge in [0.2, 0.25) is 6.20 Å². The Bertz CT molecular complexity index is 421. The molecule has 0 atom stereocenters. The Hall–Kier alpha value is -1.44. The van der Waals surface area contributed by atoms with Crippen LogP contribution in [0.3, 0.4) is 0 Å². The fourth-order valence-corrected chi connectivity index (χ4v) is 1.46. The van der Waals surface area contributed by atoms with Crippen LogP contribution in [0.15, 0.2) is 30.5 Å². The Labute approximate surface area is 71.5 Å². The van der Waals surface area contributed by atoms with Gasteiger partial charge in [-0.2, -0.15) is 0 Å². The normalized spacial score (nSPS) is 10.5. The number of aromatic nitrogens is 2. The maximum absolute atomic E-state index is 4.32. The third kappa shape index (κ3) is 1.05. The predicted octanol–water partition coefficient (Wildman–Crippen LogP) is 1.37. The Morgan fingerprint density at radius 3 is 2.83 bits per heavy atom. The zero-order valence-corrected chi connectivity index (χ0v) is 7.28. The highest BCUT2D eigenvalue weighted by molar-refractivity contribution is 5.82. The summed E-state index contributed by atoms with van der Waals surface area (Å²) in [6.45, 7) is 2.03. The molecule has 2 aromatic rings. The van der Waals surface area contributed by atoms with Crippen molar-refractivity contribution in [3.63, 3.8) is 0 Å². The van der Waals surface area contributed by atoms with Gasteiger partial charge in [-0.05, 0) is 18.1 Å². The van der Waals surface area contributed by atoms with E-state index in [4.69, 9.17) is 0 Å². The lowest BCUT2D eigenvalue weighted by Crippen LogP contribution is -2.32. The molecule has 1 heterocycles. The Kier molecular flexibility index (Phi) is 1.54. The van der Waals surface area contributed by atoms with Gasteiger partial charge >= 0.3 is 0 Å². The van der Waals surface area contributed by atoms with Crippen molar-refractivity contribution in [3.8, 4) is 0 Å². The van der Waals surface area contributed by atoms with Crippen molar-refractivity contribution < 1.29 is 4.68 Å². The van der Waals surface area contributed by atoms with Gasteiger partial charge in [-0.1, -0.05) is 22.9 Å². The van der Waals surface area contributed by atoms with Crippen molar-refractivity contribution in [1.82, 2.24) is 5.10 Å². The molecule has 0 spiro atoms. The number of benzene rings is 1. The molecule has 2 nitrogen and oxygen atoms in total. The first kappa shape index (κ1) is 7.22. The van der Waals surface area contributed by atoms with Gasteiger partial charge in [-0.25, -0.2) is 0 Å². The second kappa shape index (κ2) is 2.55. The third-order valence-corrected chi connectivity index (χ3v) is 1.98. The van der Waals surface area contributed by atoms with Crippen LogP contribution in [-0.2, 0) is 7.05 Å². The van der Waals surface area contributed by atoms with E-state index in [0.29, 0.717) is 0 Å². The van der Waals surface area contributed by atoms with Gasteiger partial charge in [0.15, 0.2) is 7.05 Å². The van der Waals surface area contributed by atoms with Crippen molar-refractivity contribution in [2.45, 2.75) is 6.92 Å². The van der Waals surface area contributed by atoms with Crippen LogP contribution in [0.5, 0.6) is 0 Å². The van der Waals surface area contributed by atoms with Crippen molar-refractivity contribution in [3.05, 3.63) is 36.2 Å². The number of hydrogen-bond donors (Lipinski definition) is 0. The zero-order valence-electron chi connectivity index (χ0n) is 7.28. The number of nitrogens with zero attached hydrogens (tertiary/aromatic N) is 2. The Balaban J connectivity index is 2.89. The molecule has 2 rings (SSSR count). The summed E-state index contributed by atoms with van der Waals surface area (Å²) < 4.78 is 1.84. The number of aryl methyl sites for hydroxylation is 2. The van der Waals surface area contributed by atoms with Crippen LogP contribution >= 0.6 is 0 Å². The largest absolute Gasteiger partial charge is 0.203 e. The van der Waals surface area contributed by atoms with Crippen molar-refractivity contribution >= 4 is 10.8 Å². The van der Waals surface area contributed by atoms with Crippen molar-refractivity contribution in [2.24, 2.45) is 7.05 Å². The summed E-state index contributed by atoms with van der Waals surface area (Å²) in [5, 5.41) is 6.79. The second-order valence-corrected chi connectivity index (χ2v) is 2.98. The van der Waals surface area contributed by atoms with E-state index in [2.05, 4.69) is 17.2 Å². The van der Waals surface area contributed by atoms with E-state index in [9.17, 15) is 0 Å². The highest BCUT2D eigenvalue weighted by Gasteiger charge is 2.03. The van der Waals surface area contributed by atoms with Gasteiger partial charge in [-0.15, -0.1) is 0 Å². The van der Waals surface area contributed by atoms with Gasteiger partial charge in [0.05, 0.1) is 0 Å². The quantitative estimate of drug-likeness (QED) is 0.530. The lowest BCUT2D eigenvalue weighted by atomic mass is 10.1. The predicted molar refractivity (Wildman–Crippen MR) is 47.7 cm³/mol. The van der Waals surface area contributed by atoms with Crippen LogP contribution in [0.4, 0.5) is 0 Å². The Morgan fingerprint density at radius 1 is 1.25 bits per heavy atom. The molecule has 0 fully saturated rings. The first-order valence-electron chi connectivity index (χ1n) is 4.00. The molecular formula is C10H11N2+. The lowest BCUT2D eigenvalue weighted by molar-refractivity contribution is -0.730. The second-order valence-electron chi connectivity index (χ2n) is 2.98. The van der Waals surface area contributed by atoms with Gasteiger partial charge in [0, 0.05) is 10.8 Å². The van der Waals surface area contributed by atoms with E-state index in [1.807, 2.05) is 37.0 Å². The molecule has 12 heavy (non-hydrogen) atoms. The SMILES string of the molecule is Cc1n[n+](C)cc2ccccc12. The molecule has 2 heteroatoms. The molecule has 0 aliphatic carbocycles. The fourth-order valence-electron chi connectivity index (χ4n) is 1.46. The zero-order chi connectivity index (χ0) is 8.55. The van der Waals surface area contributed by atoms with E-state index in [-0.39, 0.29) is 0 Å². The minimum atomic E-state index is 1.08. The first-order chi connectivity index (χ1) is 5.77. The minimum absolute atomic E-state index is 1.08. The summed E-state index contributed by atoms with van der Waals surface area (Å²) in [6.07, 6.45) is 2.03. The molecule has 0 unspecified atom stereocenters. The van der Waals surface area contributed by atoms with Crippen LogP contribution in [-0.4, -0.2) is 5.10 Å². The van der Waals surface area contributed by atoms with Crippen LogP contribution < -0.4 is 4.68 Å². The molecular weight excluding hydrogens is 148 g/mol. The summed E-state index contributed by atoms with van der Waals surface area (Å²) in [7, 11) is 1.94. The number of hydrogen-bond acceptors (Lipinski definition) is 1. The average Bonchev–Trinajstić information content (AvgIpc) is 2.04. The highest BCUT2D eigenvalue weighted by atomic mass is 15.2. The van der Waals surface area contributed by atoms with Crippen molar-refractivity contribution in [2.75, 3.05) is 0 Å².